The lowest BCUT2D eigenvalue weighted by Crippen LogP contribution is -2.33. The van der Waals surface area contributed by atoms with Crippen LogP contribution < -0.4 is 10.6 Å². The highest BCUT2D eigenvalue weighted by atomic mass is 35.5. The number of morpholine rings is 1. The Kier molecular flexibility index (Phi) is 6.64. The number of halogens is 2. The Balaban J connectivity index is 0.00000243. The maximum Gasteiger partial charge on any atom is 0.274 e. The number of hydrogen-bond acceptors (Lipinski definition) is 5. The molecule has 1 aromatic carbocycles. The molecule has 136 valence electrons. The van der Waals surface area contributed by atoms with E-state index in [-0.39, 0.29) is 24.2 Å². The number of hydrogen-bond donors (Lipinski definition) is 2. The SMILES string of the molecule is Cc1nc(C(=O)Nc2ccc(C3CNCCO3)c(F)c2)ccc1C#N.Cl. The molecule has 1 aliphatic rings. The molecule has 1 unspecified atom stereocenters. The van der Waals surface area contributed by atoms with Gasteiger partial charge in [-0.2, -0.15) is 5.26 Å². The normalized spacial score (nSPS) is 16.3. The Morgan fingerprint density at radius 3 is 2.85 bits per heavy atom. The summed E-state index contributed by atoms with van der Waals surface area (Å²) >= 11 is 0. The molecular formula is C18H18ClFN4O2. The second kappa shape index (κ2) is 8.72. The molecule has 0 radical (unpaired) electrons. The first-order valence-corrected chi connectivity index (χ1v) is 7.89. The standard InChI is InChI=1S/C18H17FN4O2.ClH/c1-11-12(9-20)2-5-16(22-11)18(24)23-13-3-4-14(15(19)8-13)17-10-21-6-7-25-17;/h2-5,8,17,21H,6-7,10H2,1H3,(H,23,24);1H. The molecule has 2 heterocycles. The van der Waals surface area contributed by atoms with Gasteiger partial charge >= 0.3 is 0 Å². The van der Waals surface area contributed by atoms with Gasteiger partial charge in [0.05, 0.1) is 24.0 Å². The number of ether oxygens (including phenoxy) is 1. The first kappa shape index (κ1) is 19.8. The van der Waals surface area contributed by atoms with Gasteiger partial charge in [-0.05, 0) is 31.2 Å². The molecule has 0 spiro atoms. The Morgan fingerprint density at radius 1 is 1.42 bits per heavy atom. The van der Waals surface area contributed by atoms with Gasteiger partial charge in [-0.15, -0.1) is 12.4 Å². The number of nitriles is 1. The minimum Gasteiger partial charge on any atom is -0.371 e. The summed E-state index contributed by atoms with van der Waals surface area (Å²) in [5.74, 6) is -0.897. The number of nitrogens with zero attached hydrogens (tertiary/aromatic N) is 2. The topological polar surface area (TPSA) is 87.0 Å². The summed E-state index contributed by atoms with van der Waals surface area (Å²) in [5.41, 5.74) is 1.84. The molecule has 2 N–H and O–H groups in total. The molecular weight excluding hydrogens is 359 g/mol. The van der Waals surface area contributed by atoms with Crippen LogP contribution in [0.4, 0.5) is 10.1 Å². The van der Waals surface area contributed by atoms with Crippen molar-refractivity contribution in [2.24, 2.45) is 0 Å². The zero-order chi connectivity index (χ0) is 17.8. The van der Waals surface area contributed by atoms with Gasteiger partial charge in [-0.25, -0.2) is 9.37 Å². The van der Waals surface area contributed by atoms with Crippen LogP contribution in [-0.4, -0.2) is 30.6 Å². The smallest absolute Gasteiger partial charge is 0.274 e. The van der Waals surface area contributed by atoms with Gasteiger partial charge in [-0.3, -0.25) is 4.79 Å². The molecule has 0 bridgehead atoms. The Morgan fingerprint density at radius 2 is 2.23 bits per heavy atom. The van der Waals surface area contributed by atoms with E-state index >= 15 is 0 Å². The number of aromatic nitrogens is 1. The molecule has 1 fully saturated rings. The van der Waals surface area contributed by atoms with Gasteiger partial charge in [0.1, 0.15) is 17.6 Å². The highest BCUT2D eigenvalue weighted by molar-refractivity contribution is 6.02. The van der Waals surface area contributed by atoms with E-state index in [0.717, 1.165) is 6.54 Å². The number of aryl methyl sites for hydroxylation is 1. The number of rotatable bonds is 3. The number of carbonyl (C=O) groups excluding carboxylic acids is 1. The Bertz CT molecular complexity index is 848. The average molecular weight is 377 g/mol. The van der Waals surface area contributed by atoms with Gasteiger partial charge in [0.15, 0.2) is 0 Å². The third-order valence-corrected chi connectivity index (χ3v) is 3.97. The molecule has 1 aromatic heterocycles. The lowest BCUT2D eigenvalue weighted by atomic mass is 10.1. The summed E-state index contributed by atoms with van der Waals surface area (Å²) in [7, 11) is 0. The van der Waals surface area contributed by atoms with Crippen LogP contribution in [0.15, 0.2) is 30.3 Å². The third-order valence-electron chi connectivity index (χ3n) is 3.97. The first-order chi connectivity index (χ1) is 12.1. The van der Waals surface area contributed by atoms with Crippen molar-refractivity contribution in [2.75, 3.05) is 25.0 Å². The molecule has 8 heteroatoms. The van der Waals surface area contributed by atoms with Gasteiger partial charge in [0, 0.05) is 24.3 Å². The molecule has 3 rings (SSSR count). The molecule has 2 aromatic rings. The third kappa shape index (κ3) is 4.35. The summed E-state index contributed by atoms with van der Waals surface area (Å²) in [6.45, 7) is 3.49. The van der Waals surface area contributed by atoms with Gasteiger partial charge < -0.3 is 15.4 Å². The molecule has 1 atom stereocenters. The average Bonchev–Trinajstić information content (AvgIpc) is 2.62. The van der Waals surface area contributed by atoms with E-state index in [0.29, 0.717) is 35.7 Å². The Labute approximate surface area is 156 Å². The fraction of sp³-hybridized carbons (Fsp3) is 0.278. The Hall–Kier alpha value is -2.53. The van der Waals surface area contributed by atoms with Crippen LogP contribution in [0.5, 0.6) is 0 Å². The van der Waals surface area contributed by atoms with Crippen molar-refractivity contribution >= 4 is 24.0 Å². The molecule has 0 aliphatic carbocycles. The van der Waals surface area contributed by atoms with E-state index in [2.05, 4.69) is 15.6 Å². The molecule has 0 saturated carbocycles. The minimum absolute atomic E-state index is 0. The van der Waals surface area contributed by atoms with E-state index < -0.39 is 11.7 Å². The monoisotopic (exact) mass is 376 g/mol. The highest BCUT2D eigenvalue weighted by Crippen LogP contribution is 2.24. The van der Waals surface area contributed by atoms with E-state index in [9.17, 15) is 9.18 Å². The maximum absolute atomic E-state index is 14.3. The fourth-order valence-corrected chi connectivity index (χ4v) is 2.63. The van der Waals surface area contributed by atoms with E-state index in [1.165, 1.54) is 18.2 Å². The summed E-state index contributed by atoms with van der Waals surface area (Å²) in [6, 6.07) is 9.50. The largest absolute Gasteiger partial charge is 0.371 e. The van der Waals surface area contributed by atoms with E-state index in [1.807, 2.05) is 6.07 Å². The zero-order valence-corrected chi connectivity index (χ0v) is 14.9. The molecule has 1 amide bonds. The first-order valence-electron chi connectivity index (χ1n) is 7.89. The van der Waals surface area contributed by atoms with Crippen LogP contribution in [0.3, 0.4) is 0 Å². The van der Waals surface area contributed by atoms with Crippen molar-refractivity contribution in [1.82, 2.24) is 10.3 Å². The minimum atomic E-state index is -0.463. The maximum atomic E-state index is 14.3. The number of benzene rings is 1. The lowest BCUT2D eigenvalue weighted by Gasteiger charge is -2.24. The van der Waals surface area contributed by atoms with Gasteiger partial charge in [0.25, 0.3) is 5.91 Å². The predicted octanol–water partition coefficient (Wildman–Crippen LogP) is 2.74. The van der Waals surface area contributed by atoms with Crippen LogP contribution in [0.1, 0.15) is 33.4 Å². The summed E-state index contributed by atoms with van der Waals surface area (Å²) in [6.07, 6.45) is -0.332. The number of anilines is 1. The molecule has 1 saturated heterocycles. The van der Waals surface area contributed by atoms with E-state index in [4.69, 9.17) is 10.00 Å². The predicted molar refractivity (Wildman–Crippen MR) is 96.9 cm³/mol. The molecule has 26 heavy (non-hydrogen) atoms. The highest BCUT2D eigenvalue weighted by Gasteiger charge is 2.20. The molecule has 1 aliphatic heterocycles. The van der Waals surface area contributed by atoms with Crippen molar-refractivity contribution in [3.8, 4) is 6.07 Å². The van der Waals surface area contributed by atoms with Crippen LogP contribution in [-0.2, 0) is 4.74 Å². The summed E-state index contributed by atoms with van der Waals surface area (Å²) in [4.78, 5) is 16.3. The van der Waals surface area contributed by atoms with Crippen molar-refractivity contribution in [1.29, 1.82) is 5.26 Å². The number of nitrogens with one attached hydrogen (secondary N) is 2. The lowest BCUT2D eigenvalue weighted by molar-refractivity contribution is 0.0255. The quantitative estimate of drug-likeness (QED) is 0.860. The van der Waals surface area contributed by atoms with Crippen LogP contribution in [0.2, 0.25) is 0 Å². The number of carbonyl (C=O) groups is 1. The van der Waals surface area contributed by atoms with Crippen LogP contribution in [0.25, 0.3) is 0 Å². The summed E-state index contributed by atoms with van der Waals surface area (Å²) in [5, 5.41) is 14.7. The van der Waals surface area contributed by atoms with Gasteiger partial charge in [-0.1, -0.05) is 6.07 Å². The van der Waals surface area contributed by atoms with E-state index in [1.54, 1.807) is 19.1 Å². The fourth-order valence-electron chi connectivity index (χ4n) is 2.63. The number of pyridine rings is 1. The molecule has 6 nitrogen and oxygen atoms in total. The van der Waals surface area contributed by atoms with Crippen molar-refractivity contribution in [3.63, 3.8) is 0 Å². The summed E-state index contributed by atoms with van der Waals surface area (Å²) < 4.78 is 19.9. The van der Waals surface area contributed by atoms with Crippen LogP contribution in [0, 0.1) is 24.1 Å². The second-order valence-corrected chi connectivity index (χ2v) is 5.70. The zero-order valence-electron chi connectivity index (χ0n) is 14.1. The van der Waals surface area contributed by atoms with Crippen molar-refractivity contribution < 1.29 is 13.9 Å². The van der Waals surface area contributed by atoms with Crippen molar-refractivity contribution in [2.45, 2.75) is 13.0 Å². The van der Waals surface area contributed by atoms with Gasteiger partial charge in [0.2, 0.25) is 0 Å². The van der Waals surface area contributed by atoms with Crippen LogP contribution >= 0.6 is 12.4 Å². The van der Waals surface area contributed by atoms with Crippen molar-refractivity contribution in [3.05, 3.63) is 58.7 Å². The second-order valence-electron chi connectivity index (χ2n) is 5.70. The number of amides is 1.